The van der Waals surface area contributed by atoms with Crippen molar-refractivity contribution in [1.82, 2.24) is 9.88 Å². The Balaban J connectivity index is 1.63. The normalized spacial score (nSPS) is 15.2. The van der Waals surface area contributed by atoms with Gasteiger partial charge in [-0.3, -0.25) is 14.5 Å². The Hall–Kier alpha value is -2.83. The summed E-state index contributed by atoms with van der Waals surface area (Å²) in [6, 6.07) is 19.1. The average molecular weight is 406 g/mol. The van der Waals surface area contributed by atoms with Crippen molar-refractivity contribution >= 4 is 28.2 Å². The number of aromatic nitrogens is 1. The molecule has 3 aromatic rings. The van der Waals surface area contributed by atoms with Crippen molar-refractivity contribution in [1.29, 1.82) is 0 Å². The SMILES string of the molecule is CC(=O)c1sc(NC(=O)C(c2ccccc2)N2CCCC2)nc1-c1ccccc1. The van der Waals surface area contributed by atoms with Gasteiger partial charge in [-0.2, -0.15) is 0 Å². The van der Waals surface area contributed by atoms with Crippen molar-refractivity contribution < 1.29 is 9.59 Å². The first-order chi connectivity index (χ1) is 14.1. The number of hydrogen-bond acceptors (Lipinski definition) is 5. The average Bonchev–Trinajstić information content (AvgIpc) is 3.40. The molecule has 1 amide bonds. The van der Waals surface area contributed by atoms with E-state index in [1.54, 1.807) is 0 Å². The number of nitrogens with one attached hydrogen (secondary N) is 1. The molecule has 1 atom stereocenters. The fourth-order valence-corrected chi connectivity index (χ4v) is 4.63. The molecule has 5 nitrogen and oxygen atoms in total. The molecule has 1 saturated heterocycles. The fourth-order valence-electron chi connectivity index (χ4n) is 3.74. The third kappa shape index (κ3) is 4.28. The summed E-state index contributed by atoms with van der Waals surface area (Å²) >= 11 is 1.23. The maximum Gasteiger partial charge on any atom is 0.248 e. The maximum atomic E-state index is 13.3. The highest BCUT2D eigenvalue weighted by atomic mass is 32.1. The number of Topliss-reactive ketones (excluding diaryl/α,β-unsaturated/α-hetero) is 1. The van der Waals surface area contributed by atoms with E-state index in [1.165, 1.54) is 18.3 Å². The highest BCUT2D eigenvalue weighted by molar-refractivity contribution is 7.18. The Kier molecular flexibility index (Phi) is 5.83. The molecular formula is C23H23N3O2S. The lowest BCUT2D eigenvalue weighted by Gasteiger charge is -2.26. The van der Waals surface area contributed by atoms with Crippen LogP contribution < -0.4 is 5.32 Å². The Morgan fingerprint density at radius 2 is 1.62 bits per heavy atom. The summed E-state index contributed by atoms with van der Waals surface area (Å²) in [5, 5.41) is 3.43. The molecule has 1 fully saturated rings. The number of amides is 1. The van der Waals surface area contributed by atoms with Crippen LogP contribution in [-0.4, -0.2) is 34.7 Å². The lowest BCUT2D eigenvalue weighted by molar-refractivity contribution is -0.121. The molecule has 0 radical (unpaired) electrons. The number of rotatable bonds is 6. The largest absolute Gasteiger partial charge is 0.300 e. The molecule has 1 aromatic heterocycles. The number of hydrogen-bond donors (Lipinski definition) is 1. The Morgan fingerprint density at radius 3 is 2.24 bits per heavy atom. The van der Waals surface area contributed by atoms with Crippen LogP contribution in [0.2, 0.25) is 0 Å². The first-order valence-corrected chi connectivity index (χ1v) is 10.6. The second-order valence-corrected chi connectivity index (χ2v) is 8.16. The minimum Gasteiger partial charge on any atom is -0.300 e. The molecule has 0 bridgehead atoms. The van der Waals surface area contributed by atoms with Crippen LogP contribution in [-0.2, 0) is 4.79 Å². The van der Waals surface area contributed by atoms with Crippen LogP contribution in [0.5, 0.6) is 0 Å². The molecule has 4 rings (SSSR count). The molecule has 0 saturated carbocycles. The van der Waals surface area contributed by atoms with Crippen LogP contribution in [0.1, 0.15) is 41.0 Å². The van der Waals surface area contributed by atoms with E-state index >= 15 is 0 Å². The van der Waals surface area contributed by atoms with Crippen molar-refractivity contribution in [2.45, 2.75) is 25.8 Å². The van der Waals surface area contributed by atoms with Gasteiger partial charge in [-0.05, 0) is 31.5 Å². The van der Waals surface area contributed by atoms with E-state index in [-0.39, 0.29) is 17.7 Å². The van der Waals surface area contributed by atoms with Crippen molar-refractivity contribution in [2.75, 3.05) is 18.4 Å². The molecule has 0 spiro atoms. The topological polar surface area (TPSA) is 62.3 Å². The van der Waals surface area contributed by atoms with Crippen LogP contribution in [0.25, 0.3) is 11.3 Å². The minimum atomic E-state index is -0.358. The number of likely N-dealkylation sites (tertiary alicyclic amines) is 1. The predicted octanol–water partition coefficient (Wildman–Crippen LogP) is 4.79. The summed E-state index contributed by atoms with van der Waals surface area (Å²) in [5.41, 5.74) is 2.46. The van der Waals surface area contributed by atoms with E-state index in [2.05, 4.69) is 15.2 Å². The molecule has 29 heavy (non-hydrogen) atoms. The van der Waals surface area contributed by atoms with Crippen molar-refractivity contribution in [3.8, 4) is 11.3 Å². The summed E-state index contributed by atoms with van der Waals surface area (Å²) in [7, 11) is 0. The Labute approximate surface area is 174 Å². The van der Waals surface area contributed by atoms with Gasteiger partial charge < -0.3 is 5.32 Å². The lowest BCUT2D eigenvalue weighted by atomic mass is 10.0. The third-order valence-corrected chi connectivity index (χ3v) is 6.17. The molecule has 1 aliphatic rings. The lowest BCUT2D eigenvalue weighted by Crippen LogP contribution is -2.35. The van der Waals surface area contributed by atoms with Crippen molar-refractivity contribution in [3.63, 3.8) is 0 Å². The highest BCUT2D eigenvalue weighted by Gasteiger charge is 2.30. The first-order valence-electron chi connectivity index (χ1n) is 9.80. The van der Waals surface area contributed by atoms with E-state index in [1.807, 2.05) is 60.7 Å². The number of carbonyl (C=O) groups is 2. The van der Waals surface area contributed by atoms with Crippen molar-refractivity contribution in [3.05, 3.63) is 71.1 Å². The quantitative estimate of drug-likeness (QED) is 0.599. The zero-order chi connectivity index (χ0) is 20.2. The fraction of sp³-hybridized carbons (Fsp3) is 0.261. The maximum absolute atomic E-state index is 13.3. The summed E-state index contributed by atoms with van der Waals surface area (Å²) in [4.78, 5) is 32.8. The molecule has 1 N–H and O–H groups in total. The van der Waals surface area contributed by atoms with Gasteiger partial charge in [0.1, 0.15) is 6.04 Å². The van der Waals surface area contributed by atoms with Gasteiger partial charge in [0.2, 0.25) is 5.91 Å². The standard InChI is InChI=1S/C23H23N3O2S/c1-16(27)21-19(17-10-4-2-5-11-17)24-23(29-21)25-22(28)20(26-14-8-9-15-26)18-12-6-3-7-13-18/h2-7,10-13,20H,8-9,14-15H2,1H3,(H,24,25,28). The number of anilines is 1. The molecular weight excluding hydrogens is 382 g/mol. The van der Waals surface area contributed by atoms with E-state index in [4.69, 9.17) is 0 Å². The van der Waals surface area contributed by atoms with E-state index in [0.29, 0.717) is 15.7 Å². The zero-order valence-electron chi connectivity index (χ0n) is 16.3. The molecule has 6 heteroatoms. The van der Waals surface area contributed by atoms with Gasteiger partial charge in [-0.1, -0.05) is 72.0 Å². The van der Waals surface area contributed by atoms with Gasteiger partial charge in [-0.25, -0.2) is 4.98 Å². The number of carbonyl (C=O) groups excluding carboxylic acids is 2. The van der Waals surface area contributed by atoms with Gasteiger partial charge in [-0.15, -0.1) is 0 Å². The smallest absolute Gasteiger partial charge is 0.248 e. The highest BCUT2D eigenvalue weighted by Crippen LogP contribution is 2.33. The molecule has 1 aliphatic heterocycles. The van der Waals surface area contributed by atoms with Gasteiger partial charge in [0.25, 0.3) is 0 Å². The first kappa shape index (κ1) is 19.5. The monoisotopic (exact) mass is 405 g/mol. The number of thiazole rings is 1. The second kappa shape index (κ2) is 8.68. The molecule has 1 unspecified atom stereocenters. The summed E-state index contributed by atoms with van der Waals surface area (Å²) < 4.78 is 0. The predicted molar refractivity (Wildman–Crippen MR) is 116 cm³/mol. The van der Waals surface area contributed by atoms with Crippen LogP contribution >= 0.6 is 11.3 Å². The van der Waals surface area contributed by atoms with Gasteiger partial charge >= 0.3 is 0 Å². The van der Waals surface area contributed by atoms with Crippen LogP contribution in [0.15, 0.2) is 60.7 Å². The third-order valence-electron chi connectivity index (χ3n) is 5.09. The van der Waals surface area contributed by atoms with Gasteiger partial charge in [0, 0.05) is 12.5 Å². The van der Waals surface area contributed by atoms with E-state index in [0.717, 1.165) is 37.1 Å². The number of nitrogens with zero attached hydrogens (tertiary/aromatic N) is 2. The van der Waals surface area contributed by atoms with Crippen LogP contribution in [0.3, 0.4) is 0 Å². The summed E-state index contributed by atoms with van der Waals surface area (Å²) in [6.45, 7) is 3.33. The van der Waals surface area contributed by atoms with Gasteiger partial charge in [0.05, 0.1) is 10.6 Å². The molecule has 148 valence electrons. The molecule has 2 heterocycles. The van der Waals surface area contributed by atoms with E-state index in [9.17, 15) is 9.59 Å². The number of benzene rings is 2. The van der Waals surface area contributed by atoms with E-state index < -0.39 is 0 Å². The Bertz CT molecular complexity index is 995. The minimum absolute atomic E-state index is 0.0546. The van der Waals surface area contributed by atoms with Gasteiger partial charge in [0.15, 0.2) is 10.9 Å². The summed E-state index contributed by atoms with van der Waals surface area (Å²) in [6.07, 6.45) is 2.20. The second-order valence-electron chi connectivity index (χ2n) is 7.16. The zero-order valence-corrected chi connectivity index (χ0v) is 17.1. The van der Waals surface area contributed by atoms with Crippen LogP contribution in [0.4, 0.5) is 5.13 Å². The molecule has 0 aliphatic carbocycles. The van der Waals surface area contributed by atoms with Crippen LogP contribution in [0, 0.1) is 0 Å². The number of ketones is 1. The Morgan fingerprint density at radius 1 is 1.00 bits per heavy atom. The van der Waals surface area contributed by atoms with Crippen molar-refractivity contribution in [2.24, 2.45) is 0 Å². The summed E-state index contributed by atoms with van der Waals surface area (Å²) in [5.74, 6) is -0.164. The molecule has 2 aromatic carbocycles.